The minimum Gasteiger partial charge on any atom is -0.426 e. The summed E-state index contributed by atoms with van der Waals surface area (Å²) in [5.41, 5.74) is 1.32. The first-order valence-electron chi connectivity index (χ1n) is 11.1. The number of amides is 1. The van der Waals surface area contributed by atoms with Gasteiger partial charge in [-0.25, -0.2) is 4.21 Å². The van der Waals surface area contributed by atoms with Gasteiger partial charge in [0.25, 0.3) is 0 Å². The number of piperidine rings is 1. The molecule has 1 amide bonds. The highest BCUT2D eigenvalue weighted by atomic mass is 32.2. The van der Waals surface area contributed by atoms with Crippen LogP contribution >= 0.6 is 0 Å². The molecule has 1 aliphatic rings. The standard InChI is InChI=1S/C23H29N5O4S/c1-17(20-8-4-6-19-5-2-3-7-21(19)20)27-11-9-18(10-12-27)14-28(33(30)31)15-22(29)24-13-23-26-25-16-32-23/h2-8,16-18H,9-15H2,1H3,(H,24,29)(H,30,31). The lowest BCUT2D eigenvalue weighted by Gasteiger charge is -2.37. The number of likely N-dealkylation sites (tertiary alicyclic amines) is 1. The van der Waals surface area contributed by atoms with Crippen LogP contribution in [-0.4, -0.2) is 60.3 Å². The molecular weight excluding hydrogens is 442 g/mol. The van der Waals surface area contributed by atoms with Crippen LogP contribution in [0.2, 0.25) is 0 Å². The maximum absolute atomic E-state index is 12.2. The number of hydrogen-bond acceptors (Lipinski definition) is 6. The van der Waals surface area contributed by atoms with Crippen molar-refractivity contribution in [1.29, 1.82) is 0 Å². The Labute approximate surface area is 195 Å². The first kappa shape index (κ1) is 23.5. The Hall–Kier alpha value is -2.66. The number of carbonyl (C=O) groups excluding carboxylic acids is 1. The van der Waals surface area contributed by atoms with Crippen molar-refractivity contribution in [1.82, 2.24) is 24.7 Å². The molecule has 2 atom stereocenters. The summed E-state index contributed by atoms with van der Waals surface area (Å²) in [5, 5.41) is 12.4. The second-order valence-electron chi connectivity index (χ2n) is 8.39. The topological polar surface area (TPSA) is 112 Å². The molecule has 9 nitrogen and oxygen atoms in total. The minimum atomic E-state index is -2.22. The van der Waals surface area contributed by atoms with E-state index in [4.69, 9.17) is 4.42 Å². The van der Waals surface area contributed by atoms with Crippen LogP contribution in [0.15, 0.2) is 53.3 Å². The maximum Gasteiger partial charge on any atom is 0.235 e. The number of carbonyl (C=O) groups is 1. The van der Waals surface area contributed by atoms with Gasteiger partial charge in [0.2, 0.25) is 29.5 Å². The number of nitrogens with one attached hydrogen (secondary N) is 1. The molecule has 2 N–H and O–H groups in total. The van der Waals surface area contributed by atoms with Gasteiger partial charge in [-0.15, -0.1) is 10.2 Å². The highest BCUT2D eigenvalue weighted by molar-refractivity contribution is 7.76. The predicted octanol–water partition coefficient (Wildman–Crippen LogP) is 2.75. The Kier molecular flexibility index (Phi) is 7.81. The predicted molar refractivity (Wildman–Crippen MR) is 125 cm³/mol. The van der Waals surface area contributed by atoms with Crippen LogP contribution in [0.3, 0.4) is 0 Å². The number of benzene rings is 2. The van der Waals surface area contributed by atoms with Crippen LogP contribution in [0.25, 0.3) is 10.8 Å². The highest BCUT2D eigenvalue weighted by Crippen LogP contribution is 2.31. The Bertz CT molecular complexity index is 1080. The lowest BCUT2D eigenvalue weighted by atomic mass is 9.93. The van der Waals surface area contributed by atoms with E-state index in [0.29, 0.717) is 6.54 Å². The van der Waals surface area contributed by atoms with Crippen molar-refractivity contribution < 1.29 is 18.0 Å². The Morgan fingerprint density at radius 3 is 2.76 bits per heavy atom. The molecular formula is C23H29N5O4S. The number of hydrogen-bond donors (Lipinski definition) is 2. The van der Waals surface area contributed by atoms with Gasteiger partial charge in [-0.3, -0.25) is 14.2 Å². The normalized spacial score (nSPS) is 17.3. The van der Waals surface area contributed by atoms with Crippen LogP contribution < -0.4 is 5.32 Å². The molecule has 0 radical (unpaired) electrons. The molecule has 176 valence electrons. The monoisotopic (exact) mass is 471 g/mol. The van der Waals surface area contributed by atoms with Crippen molar-refractivity contribution in [3.8, 4) is 0 Å². The molecule has 1 saturated heterocycles. The number of fused-ring (bicyclic) bond motifs is 1. The summed E-state index contributed by atoms with van der Waals surface area (Å²) >= 11 is -2.22. The fourth-order valence-corrected chi connectivity index (χ4v) is 5.04. The van der Waals surface area contributed by atoms with E-state index < -0.39 is 11.3 Å². The fraction of sp³-hybridized carbons (Fsp3) is 0.435. The van der Waals surface area contributed by atoms with Gasteiger partial charge >= 0.3 is 0 Å². The van der Waals surface area contributed by atoms with Gasteiger partial charge in [-0.05, 0) is 55.1 Å². The van der Waals surface area contributed by atoms with E-state index in [1.807, 2.05) is 0 Å². The number of aromatic nitrogens is 2. The van der Waals surface area contributed by atoms with Crippen LogP contribution in [0.4, 0.5) is 0 Å². The van der Waals surface area contributed by atoms with E-state index in [-0.39, 0.29) is 36.8 Å². The quantitative estimate of drug-likeness (QED) is 0.462. The minimum absolute atomic E-state index is 0.0924. The van der Waals surface area contributed by atoms with Crippen LogP contribution in [0.5, 0.6) is 0 Å². The molecule has 0 saturated carbocycles. The van der Waals surface area contributed by atoms with E-state index in [0.717, 1.165) is 25.9 Å². The second kappa shape index (κ2) is 11.0. The summed E-state index contributed by atoms with van der Waals surface area (Å²) in [6.45, 7) is 4.38. The van der Waals surface area contributed by atoms with Gasteiger partial charge in [0, 0.05) is 12.6 Å². The zero-order valence-electron chi connectivity index (χ0n) is 18.6. The van der Waals surface area contributed by atoms with Gasteiger partial charge in [0.05, 0.1) is 13.1 Å². The third kappa shape index (κ3) is 6.02. The molecule has 10 heteroatoms. The molecule has 1 aliphatic heterocycles. The first-order valence-corrected chi connectivity index (χ1v) is 12.2. The van der Waals surface area contributed by atoms with E-state index in [2.05, 4.69) is 69.8 Å². The van der Waals surface area contributed by atoms with Crippen molar-refractivity contribution in [2.45, 2.75) is 32.4 Å². The SMILES string of the molecule is CC(c1cccc2ccccc12)N1CCC(CN(CC(=O)NCc2nnco2)S(=O)O)CC1. The molecule has 4 rings (SSSR count). The van der Waals surface area contributed by atoms with Crippen molar-refractivity contribution in [2.75, 3.05) is 26.2 Å². The average Bonchev–Trinajstić information content (AvgIpc) is 3.36. The molecule has 33 heavy (non-hydrogen) atoms. The molecule has 0 bridgehead atoms. The van der Waals surface area contributed by atoms with Crippen molar-refractivity contribution in [2.24, 2.45) is 5.92 Å². The molecule has 2 aromatic carbocycles. The van der Waals surface area contributed by atoms with Gasteiger partial charge in [-0.2, -0.15) is 4.31 Å². The largest absolute Gasteiger partial charge is 0.426 e. The Morgan fingerprint density at radius 1 is 1.27 bits per heavy atom. The summed E-state index contributed by atoms with van der Waals surface area (Å²) in [5.74, 6) is 0.172. The van der Waals surface area contributed by atoms with E-state index >= 15 is 0 Å². The zero-order chi connectivity index (χ0) is 23.2. The third-order valence-corrected chi connectivity index (χ3v) is 7.03. The van der Waals surface area contributed by atoms with Crippen LogP contribution in [0.1, 0.15) is 37.3 Å². The second-order valence-corrected chi connectivity index (χ2v) is 9.36. The smallest absolute Gasteiger partial charge is 0.235 e. The van der Waals surface area contributed by atoms with Gasteiger partial charge < -0.3 is 9.73 Å². The first-order chi connectivity index (χ1) is 16.0. The molecule has 3 aromatic rings. The van der Waals surface area contributed by atoms with Crippen LogP contribution in [-0.2, 0) is 22.6 Å². The summed E-state index contributed by atoms with van der Waals surface area (Å²) in [6.07, 6.45) is 3.00. The summed E-state index contributed by atoms with van der Waals surface area (Å²) < 4.78 is 27.8. The molecule has 0 aliphatic carbocycles. The van der Waals surface area contributed by atoms with Gasteiger partial charge in [0.1, 0.15) is 0 Å². The number of nitrogens with zero attached hydrogens (tertiary/aromatic N) is 4. The third-order valence-electron chi connectivity index (χ3n) is 6.31. The molecule has 1 aromatic heterocycles. The highest BCUT2D eigenvalue weighted by Gasteiger charge is 2.27. The average molecular weight is 472 g/mol. The van der Waals surface area contributed by atoms with Crippen molar-refractivity contribution in [3.05, 3.63) is 60.3 Å². The van der Waals surface area contributed by atoms with Crippen molar-refractivity contribution in [3.63, 3.8) is 0 Å². The van der Waals surface area contributed by atoms with E-state index in [1.165, 1.54) is 27.0 Å². The van der Waals surface area contributed by atoms with E-state index in [1.54, 1.807) is 0 Å². The lowest BCUT2D eigenvalue weighted by Crippen LogP contribution is -2.43. The molecule has 2 heterocycles. The summed E-state index contributed by atoms with van der Waals surface area (Å²) in [4.78, 5) is 14.7. The number of rotatable bonds is 9. The fourth-order valence-electron chi connectivity index (χ4n) is 4.47. The Balaban J connectivity index is 1.30. The maximum atomic E-state index is 12.2. The lowest BCUT2D eigenvalue weighted by molar-refractivity contribution is -0.121. The van der Waals surface area contributed by atoms with E-state index in [9.17, 15) is 13.6 Å². The van der Waals surface area contributed by atoms with Gasteiger partial charge in [0.15, 0.2) is 0 Å². The molecule has 0 spiro atoms. The van der Waals surface area contributed by atoms with Crippen molar-refractivity contribution >= 4 is 27.9 Å². The summed E-state index contributed by atoms with van der Waals surface area (Å²) in [7, 11) is 0. The Morgan fingerprint density at radius 2 is 2.03 bits per heavy atom. The molecule has 1 fully saturated rings. The van der Waals surface area contributed by atoms with Crippen LogP contribution in [0, 0.1) is 5.92 Å². The summed E-state index contributed by atoms with van der Waals surface area (Å²) in [6, 6.07) is 15.2. The van der Waals surface area contributed by atoms with Gasteiger partial charge in [-0.1, -0.05) is 42.5 Å². The molecule has 2 unspecified atom stereocenters. The zero-order valence-corrected chi connectivity index (χ0v) is 19.4.